The fourth-order valence-corrected chi connectivity index (χ4v) is 4.52. The highest BCUT2D eigenvalue weighted by Gasteiger charge is 2.29. The summed E-state index contributed by atoms with van der Waals surface area (Å²) in [5, 5.41) is 2.77. The summed E-state index contributed by atoms with van der Waals surface area (Å²) in [4.78, 5) is 12.1. The van der Waals surface area contributed by atoms with E-state index in [2.05, 4.69) is 5.32 Å². The van der Waals surface area contributed by atoms with Gasteiger partial charge < -0.3 is 14.8 Å². The van der Waals surface area contributed by atoms with E-state index in [-0.39, 0.29) is 29.6 Å². The van der Waals surface area contributed by atoms with Gasteiger partial charge in [-0.2, -0.15) is 0 Å². The number of benzene rings is 1. The minimum absolute atomic E-state index is 0.0291. The van der Waals surface area contributed by atoms with Crippen LogP contribution < -0.4 is 10.1 Å². The van der Waals surface area contributed by atoms with Crippen LogP contribution in [0.1, 0.15) is 29.6 Å². The first-order valence-corrected chi connectivity index (χ1v) is 9.70. The lowest BCUT2D eigenvalue weighted by atomic mass is 10.2. The van der Waals surface area contributed by atoms with Crippen LogP contribution in [0, 0.1) is 0 Å². The Morgan fingerprint density at radius 2 is 2.04 bits per heavy atom. The summed E-state index contributed by atoms with van der Waals surface area (Å²) < 4.78 is 34.0. The summed E-state index contributed by atoms with van der Waals surface area (Å²) in [6.45, 7) is 1.31. The van der Waals surface area contributed by atoms with Crippen LogP contribution in [0.15, 0.2) is 24.3 Å². The van der Waals surface area contributed by atoms with Crippen molar-refractivity contribution in [3.8, 4) is 5.75 Å². The molecule has 7 heteroatoms. The van der Waals surface area contributed by atoms with Crippen molar-refractivity contribution in [2.24, 2.45) is 0 Å². The summed E-state index contributed by atoms with van der Waals surface area (Å²) in [7, 11) is -2.99. The Balaban J connectivity index is 1.51. The van der Waals surface area contributed by atoms with Crippen molar-refractivity contribution in [1.82, 2.24) is 5.32 Å². The van der Waals surface area contributed by atoms with Crippen LogP contribution in [0.5, 0.6) is 5.75 Å². The zero-order valence-corrected chi connectivity index (χ0v) is 13.7. The third-order valence-corrected chi connectivity index (χ3v) is 5.91. The second kappa shape index (κ2) is 6.88. The highest BCUT2D eigenvalue weighted by molar-refractivity contribution is 7.91. The fraction of sp³-hybridized carbons (Fsp3) is 0.562. The van der Waals surface area contributed by atoms with Gasteiger partial charge in [0, 0.05) is 18.2 Å². The molecule has 0 aromatic heterocycles. The largest absolute Gasteiger partial charge is 0.491 e. The average Bonchev–Trinajstić information content (AvgIpc) is 3.15. The summed E-state index contributed by atoms with van der Waals surface area (Å²) in [6, 6.07) is 6.57. The lowest BCUT2D eigenvalue weighted by Crippen LogP contribution is -2.35. The Kier molecular flexibility index (Phi) is 4.87. The number of nitrogens with one attached hydrogen (secondary N) is 1. The van der Waals surface area contributed by atoms with Crippen LogP contribution in [-0.2, 0) is 14.6 Å². The maximum Gasteiger partial charge on any atom is 0.251 e. The van der Waals surface area contributed by atoms with E-state index in [0.29, 0.717) is 24.3 Å². The molecule has 1 amide bonds. The van der Waals surface area contributed by atoms with E-state index in [1.54, 1.807) is 24.3 Å². The first-order chi connectivity index (χ1) is 11.0. The Morgan fingerprint density at radius 3 is 2.65 bits per heavy atom. The van der Waals surface area contributed by atoms with Gasteiger partial charge in [0.2, 0.25) is 0 Å². The van der Waals surface area contributed by atoms with Crippen molar-refractivity contribution in [3.63, 3.8) is 0 Å². The van der Waals surface area contributed by atoms with Gasteiger partial charge in [0.05, 0.1) is 17.6 Å². The van der Waals surface area contributed by atoms with Crippen molar-refractivity contribution in [2.45, 2.75) is 31.4 Å². The zero-order valence-electron chi connectivity index (χ0n) is 12.9. The number of hydrogen-bond donors (Lipinski definition) is 1. The standard InChI is InChI=1S/C16H21NO5S/c18-16(17-13-7-9-23(19,20)11-13)12-3-5-14(6-4-12)22-10-15-2-1-8-21-15/h3-6,13,15H,1-2,7-11H2,(H,17,18)/t13-,15-/m1/s1. The third-order valence-electron chi connectivity index (χ3n) is 4.14. The molecule has 23 heavy (non-hydrogen) atoms. The van der Waals surface area contributed by atoms with E-state index in [4.69, 9.17) is 9.47 Å². The van der Waals surface area contributed by atoms with Gasteiger partial charge in [-0.1, -0.05) is 0 Å². The summed E-state index contributed by atoms with van der Waals surface area (Å²) in [5.41, 5.74) is 0.499. The molecule has 2 fully saturated rings. The molecule has 0 aliphatic carbocycles. The van der Waals surface area contributed by atoms with Gasteiger partial charge in [0.25, 0.3) is 5.91 Å². The van der Waals surface area contributed by atoms with Gasteiger partial charge in [-0.3, -0.25) is 4.79 Å². The molecule has 0 radical (unpaired) electrons. The van der Waals surface area contributed by atoms with Gasteiger partial charge >= 0.3 is 0 Å². The van der Waals surface area contributed by atoms with Gasteiger partial charge in [-0.25, -0.2) is 8.42 Å². The monoisotopic (exact) mass is 339 g/mol. The van der Waals surface area contributed by atoms with E-state index in [9.17, 15) is 13.2 Å². The summed E-state index contributed by atoms with van der Waals surface area (Å²) in [5.74, 6) is 0.619. The molecule has 2 atom stereocenters. The maximum atomic E-state index is 12.1. The highest BCUT2D eigenvalue weighted by Crippen LogP contribution is 2.17. The predicted molar refractivity (Wildman–Crippen MR) is 85.4 cm³/mol. The molecule has 0 saturated carbocycles. The summed E-state index contributed by atoms with van der Waals surface area (Å²) >= 11 is 0. The minimum atomic E-state index is -2.99. The Bertz CT molecular complexity index is 650. The first kappa shape index (κ1) is 16.3. The number of ether oxygens (including phenoxy) is 2. The third kappa shape index (κ3) is 4.45. The number of amides is 1. The van der Waals surface area contributed by atoms with Gasteiger partial charge in [-0.05, 0) is 43.5 Å². The first-order valence-electron chi connectivity index (χ1n) is 7.88. The number of carbonyl (C=O) groups is 1. The Hall–Kier alpha value is -1.60. The summed E-state index contributed by atoms with van der Waals surface area (Å²) in [6.07, 6.45) is 2.73. The van der Waals surface area contributed by atoms with E-state index >= 15 is 0 Å². The molecule has 2 aliphatic heterocycles. The SMILES string of the molecule is O=C(N[C@@H]1CCS(=O)(=O)C1)c1ccc(OC[C@H]2CCCO2)cc1. The smallest absolute Gasteiger partial charge is 0.251 e. The zero-order chi connectivity index (χ0) is 16.3. The van der Waals surface area contributed by atoms with Crippen molar-refractivity contribution >= 4 is 15.7 Å². The Labute approximate surface area is 136 Å². The van der Waals surface area contributed by atoms with Crippen LogP contribution in [0.25, 0.3) is 0 Å². The van der Waals surface area contributed by atoms with Crippen LogP contribution in [-0.4, -0.2) is 51.2 Å². The fourth-order valence-electron chi connectivity index (χ4n) is 2.85. The second-order valence-electron chi connectivity index (χ2n) is 6.04. The Morgan fingerprint density at radius 1 is 1.26 bits per heavy atom. The van der Waals surface area contributed by atoms with Crippen molar-refractivity contribution in [1.29, 1.82) is 0 Å². The lowest BCUT2D eigenvalue weighted by molar-refractivity contribution is 0.0679. The van der Waals surface area contributed by atoms with Crippen molar-refractivity contribution in [3.05, 3.63) is 29.8 Å². The van der Waals surface area contributed by atoms with E-state index in [1.807, 2.05) is 0 Å². The molecule has 6 nitrogen and oxygen atoms in total. The van der Waals surface area contributed by atoms with Crippen molar-refractivity contribution < 1.29 is 22.7 Å². The normalized spacial score (nSPS) is 26.1. The molecule has 3 rings (SSSR count). The number of rotatable bonds is 5. The second-order valence-corrected chi connectivity index (χ2v) is 8.27. The molecule has 1 aromatic carbocycles. The topological polar surface area (TPSA) is 81.7 Å². The maximum absolute atomic E-state index is 12.1. The van der Waals surface area contributed by atoms with Gasteiger partial charge in [0.15, 0.2) is 9.84 Å². The average molecular weight is 339 g/mol. The molecule has 126 valence electrons. The van der Waals surface area contributed by atoms with Crippen LogP contribution >= 0.6 is 0 Å². The molecule has 2 heterocycles. The molecular weight excluding hydrogens is 318 g/mol. The predicted octanol–water partition coefficient (Wildman–Crippen LogP) is 1.16. The van der Waals surface area contributed by atoms with E-state index in [0.717, 1.165) is 19.4 Å². The number of sulfone groups is 1. The number of hydrogen-bond acceptors (Lipinski definition) is 5. The molecule has 1 N–H and O–H groups in total. The molecule has 0 bridgehead atoms. The molecule has 1 aromatic rings. The molecule has 0 spiro atoms. The van der Waals surface area contributed by atoms with E-state index in [1.165, 1.54) is 0 Å². The molecule has 0 unspecified atom stereocenters. The highest BCUT2D eigenvalue weighted by atomic mass is 32.2. The van der Waals surface area contributed by atoms with Crippen LogP contribution in [0.2, 0.25) is 0 Å². The number of carbonyl (C=O) groups excluding carboxylic acids is 1. The molecule has 2 aliphatic rings. The van der Waals surface area contributed by atoms with Crippen molar-refractivity contribution in [2.75, 3.05) is 24.7 Å². The van der Waals surface area contributed by atoms with Crippen LogP contribution in [0.3, 0.4) is 0 Å². The van der Waals surface area contributed by atoms with Gasteiger partial charge in [-0.15, -0.1) is 0 Å². The van der Waals surface area contributed by atoms with Gasteiger partial charge in [0.1, 0.15) is 12.4 Å². The molecular formula is C16H21NO5S. The molecule has 2 saturated heterocycles. The quantitative estimate of drug-likeness (QED) is 0.871. The van der Waals surface area contributed by atoms with Crippen LogP contribution in [0.4, 0.5) is 0 Å². The lowest BCUT2D eigenvalue weighted by Gasteiger charge is -2.13. The minimum Gasteiger partial charge on any atom is -0.491 e. The van der Waals surface area contributed by atoms with E-state index < -0.39 is 9.84 Å².